The summed E-state index contributed by atoms with van der Waals surface area (Å²) in [6.07, 6.45) is 1.72. The van der Waals surface area contributed by atoms with Gasteiger partial charge in [-0.15, -0.1) is 22.7 Å². The number of carbonyl (C=O) groups is 1. The van der Waals surface area contributed by atoms with Crippen molar-refractivity contribution in [2.75, 3.05) is 5.75 Å². The molecule has 4 heterocycles. The van der Waals surface area contributed by atoms with E-state index in [4.69, 9.17) is 0 Å². The van der Waals surface area contributed by atoms with Crippen LogP contribution < -0.4 is 5.56 Å². The maximum atomic E-state index is 13.1. The fourth-order valence-electron chi connectivity index (χ4n) is 2.72. The summed E-state index contributed by atoms with van der Waals surface area (Å²) in [5.74, 6) is 0.226. The largest absolute Gasteiger partial charge is 0.359 e. The maximum absolute atomic E-state index is 13.1. The van der Waals surface area contributed by atoms with Crippen LogP contribution in [0.4, 0.5) is 0 Å². The average Bonchev–Trinajstić information content (AvgIpc) is 3.40. The molecule has 0 fully saturated rings. The van der Waals surface area contributed by atoms with E-state index in [1.165, 1.54) is 23.1 Å². The normalized spacial score (nSPS) is 11.3. The minimum Gasteiger partial charge on any atom is -0.359 e. The van der Waals surface area contributed by atoms with Gasteiger partial charge in [-0.05, 0) is 30.5 Å². The number of carbonyl (C=O) groups excluding carboxylic acids is 1. The highest BCUT2D eigenvalue weighted by molar-refractivity contribution is 7.99. The summed E-state index contributed by atoms with van der Waals surface area (Å²) in [6.45, 7) is 2.43. The molecule has 0 saturated heterocycles. The van der Waals surface area contributed by atoms with E-state index < -0.39 is 0 Å². The SMILES string of the molecule is CCn1c(SCC(=O)c2ccc[nH]2)nc2scc(-c3cccs3)c2c1=O. The lowest BCUT2D eigenvalue weighted by molar-refractivity contribution is 0.101. The van der Waals surface area contributed by atoms with Gasteiger partial charge in [0.2, 0.25) is 0 Å². The maximum Gasteiger partial charge on any atom is 0.263 e. The molecule has 4 aromatic rings. The third-order valence-electron chi connectivity index (χ3n) is 3.99. The average molecular weight is 402 g/mol. The topological polar surface area (TPSA) is 67.8 Å². The third kappa shape index (κ3) is 3.04. The van der Waals surface area contributed by atoms with Gasteiger partial charge in [-0.3, -0.25) is 14.2 Å². The fourth-order valence-corrected chi connectivity index (χ4v) is 5.47. The molecule has 4 rings (SSSR count). The summed E-state index contributed by atoms with van der Waals surface area (Å²) in [5.41, 5.74) is 1.47. The van der Waals surface area contributed by atoms with E-state index in [0.717, 1.165) is 15.3 Å². The fraction of sp³-hybridized carbons (Fsp3) is 0.167. The predicted molar refractivity (Wildman–Crippen MR) is 109 cm³/mol. The number of hydrogen-bond donors (Lipinski definition) is 1. The van der Waals surface area contributed by atoms with Crippen molar-refractivity contribution >= 4 is 50.4 Å². The second-order valence-electron chi connectivity index (χ2n) is 5.55. The monoisotopic (exact) mass is 401 g/mol. The van der Waals surface area contributed by atoms with Gasteiger partial charge >= 0.3 is 0 Å². The number of hydrogen-bond acceptors (Lipinski definition) is 6. The van der Waals surface area contributed by atoms with Gasteiger partial charge in [0.15, 0.2) is 10.9 Å². The predicted octanol–water partition coefficient (Wildman–Crippen LogP) is 4.51. The van der Waals surface area contributed by atoms with Gasteiger partial charge in [-0.1, -0.05) is 17.8 Å². The number of nitrogens with zero attached hydrogens (tertiary/aromatic N) is 2. The smallest absolute Gasteiger partial charge is 0.263 e. The number of rotatable bonds is 6. The lowest BCUT2D eigenvalue weighted by atomic mass is 10.2. The molecule has 132 valence electrons. The Kier molecular flexibility index (Phi) is 4.80. The molecular weight excluding hydrogens is 386 g/mol. The van der Waals surface area contributed by atoms with Crippen LogP contribution in [0.25, 0.3) is 20.7 Å². The highest BCUT2D eigenvalue weighted by Crippen LogP contribution is 2.34. The van der Waals surface area contributed by atoms with Crippen molar-refractivity contribution in [1.82, 2.24) is 14.5 Å². The van der Waals surface area contributed by atoms with Gasteiger partial charge < -0.3 is 4.98 Å². The van der Waals surface area contributed by atoms with Crippen LogP contribution >= 0.6 is 34.4 Å². The first kappa shape index (κ1) is 17.3. The number of thiophene rings is 2. The van der Waals surface area contributed by atoms with Crippen molar-refractivity contribution in [2.24, 2.45) is 0 Å². The molecule has 0 unspecified atom stereocenters. The highest BCUT2D eigenvalue weighted by Gasteiger charge is 2.18. The Bertz CT molecular complexity index is 1110. The number of aromatic amines is 1. The Hall–Kier alpha value is -2.16. The molecule has 0 amide bonds. The molecule has 0 aliphatic rings. The molecule has 1 N–H and O–H groups in total. The van der Waals surface area contributed by atoms with Gasteiger partial charge in [0.25, 0.3) is 5.56 Å². The van der Waals surface area contributed by atoms with E-state index >= 15 is 0 Å². The Morgan fingerprint density at radius 2 is 2.19 bits per heavy atom. The highest BCUT2D eigenvalue weighted by atomic mass is 32.2. The van der Waals surface area contributed by atoms with E-state index in [1.54, 1.807) is 34.2 Å². The van der Waals surface area contributed by atoms with Crippen molar-refractivity contribution in [2.45, 2.75) is 18.6 Å². The summed E-state index contributed by atoms with van der Waals surface area (Å²) in [5, 5.41) is 5.24. The summed E-state index contributed by atoms with van der Waals surface area (Å²) < 4.78 is 1.65. The Balaban J connectivity index is 1.72. The lowest BCUT2D eigenvalue weighted by Gasteiger charge is -2.09. The number of fused-ring (bicyclic) bond motifs is 1. The van der Waals surface area contributed by atoms with Crippen LogP contribution in [0.2, 0.25) is 0 Å². The molecule has 4 aromatic heterocycles. The molecule has 0 aliphatic carbocycles. The van der Waals surface area contributed by atoms with Crippen LogP contribution in [-0.2, 0) is 6.54 Å². The molecule has 0 aliphatic heterocycles. The zero-order chi connectivity index (χ0) is 18.1. The summed E-state index contributed by atoms with van der Waals surface area (Å²) in [6, 6.07) is 7.53. The Morgan fingerprint density at radius 3 is 2.88 bits per heavy atom. The number of thioether (sulfide) groups is 1. The van der Waals surface area contributed by atoms with Gasteiger partial charge in [0.1, 0.15) is 4.83 Å². The van der Waals surface area contributed by atoms with Crippen LogP contribution in [0.3, 0.4) is 0 Å². The zero-order valence-electron chi connectivity index (χ0n) is 13.9. The number of ketones is 1. The zero-order valence-corrected chi connectivity index (χ0v) is 16.3. The van der Waals surface area contributed by atoms with Crippen molar-refractivity contribution in [3.63, 3.8) is 0 Å². The summed E-state index contributed by atoms with van der Waals surface area (Å²) in [7, 11) is 0. The van der Waals surface area contributed by atoms with Crippen molar-refractivity contribution in [3.05, 3.63) is 57.3 Å². The van der Waals surface area contributed by atoms with Gasteiger partial charge in [-0.25, -0.2) is 4.98 Å². The van der Waals surface area contributed by atoms with E-state index in [9.17, 15) is 9.59 Å². The second-order valence-corrected chi connectivity index (χ2v) is 8.29. The number of Topliss-reactive ketones (excluding diaryl/α,β-unsaturated/α-hetero) is 1. The first-order chi connectivity index (χ1) is 12.7. The minimum absolute atomic E-state index is 0.0116. The standard InChI is InChI=1S/C18H15N3O2S3/c1-2-21-17(23)15-11(14-6-4-8-24-14)9-25-16(15)20-18(21)26-10-13(22)12-5-3-7-19-12/h3-9,19H,2,10H2,1H3. The number of aromatic nitrogens is 3. The Morgan fingerprint density at radius 1 is 1.31 bits per heavy atom. The molecular formula is C18H15N3O2S3. The van der Waals surface area contributed by atoms with Gasteiger partial charge in [0.05, 0.1) is 16.8 Å². The molecule has 0 aromatic carbocycles. The van der Waals surface area contributed by atoms with E-state index in [2.05, 4.69) is 9.97 Å². The third-order valence-corrected chi connectivity index (χ3v) is 6.74. The first-order valence-electron chi connectivity index (χ1n) is 8.04. The molecule has 0 atom stereocenters. The van der Waals surface area contributed by atoms with E-state index in [0.29, 0.717) is 22.8 Å². The van der Waals surface area contributed by atoms with Crippen LogP contribution in [0, 0.1) is 0 Å². The summed E-state index contributed by atoms with van der Waals surface area (Å²) in [4.78, 5) is 34.7. The van der Waals surface area contributed by atoms with Gasteiger partial charge in [-0.2, -0.15) is 0 Å². The van der Waals surface area contributed by atoms with Crippen LogP contribution in [0.5, 0.6) is 0 Å². The number of nitrogens with one attached hydrogen (secondary N) is 1. The quantitative estimate of drug-likeness (QED) is 0.293. The minimum atomic E-state index is -0.0445. The van der Waals surface area contributed by atoms with E-state index in [-0.39, 0.29) is 17.1 Å². The molecule has 0 radical (unpaired) electrons. The van der Waals surface area contributed by atoms with Crippen LogP contribution in [-0.4, -0.2) is 26.1 Å². The first-order valence-corrected chi connectivity index (χ1v) is 10.8. The molecule has 26 heavy (non-hydrogen) atoms. The number of H-pyrrole nitrogens is 1. The van der Waals surface area contributed by atoms with Crippen molar-refractivity contribution in [1.29, 1.82) is 0 Å². The van der Waals surface area contributed by atoms with E-state index in [1.807, 2.05) is 29.8 Å². The molecule has 0 spiro atoms. The Labute approximate surface area is 161 Å². The molecule has 8 heteroatoms. The molecule has 0 saturated carbocycles. The van der Waals surface area contributed by atoms with Crippen molar-refractivity contribution < 1.29 is 4.79 Å². The molecule has 0 bridgehead atoms. The summed E-state index contributed by atoms with van der Waals surface area (Å²) >= 11 is 4.39. The second kappa shape index (κ2) is 7.22. The van der Waals surface area contributed by atoms with Crippen LogP contribution in [0.1, 0.15) is 17.4 Å². The lowest BCUT2D eigenvalue weighted by Crippen LogP contribution is -2.22. The van der Waals surface area contributed by atoms with Crippen LogP contribution in [0.15, 0.2) is 51.2 Å². The molecule has 5 nitrogen and oxygen atoms in total. The van der Waals surface area contributed by atoms with Crippen molar-refractivity contribution in [3.8, 4) is 10.4 Å². The van der Waals surface area contributed by atoms with Gasteiger partial charge in [0, 0.05) is 28.6 Å².